The highest BCUT2D eigenvalue weighted by molar-refractivity contribution is 7.99. The number of nitrogens with one attached hydrogen (secondary N) is 1. The van der Waals surface area contributed by atoms with Crippen molar-refractivity contribution in [3.05, 3.63) is 35.9 Å². The van der Waals surface area contributed by atoms with E-state index >= 15 is 0 Å². The summed E-state index contributed by atoms with van der Waals surface area (Å²) in [4.78, 5) is 32.2. The van der Waals surface area contributed by atoms with Gasteiger partial charge in [-0.3, -0.25) is 9.59 Å². The highest BCUT2D eigenvalue weighted by Gasteiger charge is 2.21. The summed E-state index contributed by atoms with van der Waals surface area (Å²) in [7, 11) is 0. The fourth-order valence-electron chi connectivity index (χ4n) is 1.80. The zero-order chi connectivity index (χ0) is 18.6. The average molecular weight is 359 g/mol. The van der Waals surface area contributed by atoms with E-state index in [2.05, 4.69) is 15.3 Å². The van der Waals surface area contributed by atoms with Gasteiger partial charge in [0.1, 0.15) is 11.6 Å². The quantitative estimate of drug-likeness (QED) is 0.426. The number of nitrogens with two attached hydrogens (primary N) is 2. The monoisotopic (exact) mass is 359 g/mol. The molecule has 0 fully saturated rings. The molecule has 5 N–H and O–H groups in total. The lowest BCUT2D eigenvalue weighted by Crippen LogP contribution is -2.27. The van der Waals surface area contributed by atoms with Crippen molar-refractivity contribution in [1.29, 1.82) is 0 Å². The minimum Gasteiger partial charge on any atom is -0.383 e. The third-order valence-electron chi connectivity index (χ3n) is 3.22. The third kappa shape index (κ3) is 5.46. The van der Waals surface area contributed by atoms with E-state index in [4.69, 9.17) is 11.5 Å². The highest BCUT2D eigenvalue weighted by atomic mass is 32.2. The molecule has 0 atom stereocenters. The number of thioether (sulfide) groups is 1. The van der Waals surface area contributed by atoms with E-state index in [0.29, 0.717) is 16.4 Å². The summed E-state index contributed by atoms with van der Waals surface area (Å²) >= 11 is 1.17. The first-order chi connectivity index (χ1) is 11.6. The van der Waals surface area contributed by atoms with Gasteiger partial charge in [-0.15, -0.1) is 0 Å². The van der Waals surface area contributed by atoms with Crippen molar-refractivity contribution < 1.29 is 9.59 Å². The molecule has 0 bridgehead atoms. The Hall–Kier alpha value is -2.61. The minimum absolute atomic E-state index is 0.0803. The number of benzene rings is 1. The maximum atomic E-state index is 12.3. The molecule has 1 heterocycles. The molecule has 0 saturated heterocycles. The van der Waals surface area contributed by atoms with Gasteiger partial charge in [0.05, 0.1) is 5.75 Å². The molecule has 0 unspecified atom stereocenters. The van der Waals surface area contributed by atoms with Crippen LogP contribution in [0.4, 0.5) is 17.3 Å². The van der Waals surface area contributed by atoms with Crippen molar-refractivity contribution >= 4 is 40.8 Å². The van der Waals surface area contributed by atoms with E-state index in [-0.39, 0.29) is 29.1 Å². The van der Waals surface area contributed by atoms with E-state index in [9.17, 15) is 9.59 Å². The standard InChI is InChI=1S/C17H21N5O2S/c1-17(2,3)15(24)20-11-6-4-10(5-7-11)12(23)9-25-16-21-13(18)8-14(19)22-16/h4-8H,9H2,1-3H3,(H,20,24)(H4,18,19,21,22). The molecule has 2 rings (SSSR count). The van der Waals surface area contributed by atoms with E-state index in [1.807, 2.05) is 20.8 Å². The largest absolute Gasteiger partial charge is 0.383 e. The van der Waals surface area contributed by atoms with Crippen molar-refractivity contribution in [2.24, 2.45) is 5.41 Å². The number of amides is 1. The maximum Gasteiger partial charge on any atom is 0.229 e. The molecule has 2 aromatic rings. The predicted molar refractivity (Wildman–Crippen MR) is 100 cm³/mol. The van der Waals surface area contributed by atoms with E-state index in [1.54, 1.807) is 24.3 Å². The average Bonchev–Trinajstić information content (AvgIpc) is 2.51. The Kier molecular flexibility index (Phi) is 5.63. The molecule has 0 aliphatic heterocycles. The second kappa shape index (κ2) is 7.52. The van der Waals surface area contributed by atoms with Crippen molar-refractivity contribution in [3.8, 4) is 0 Å². The molecule has 1 aromatic heterocycles. The number of anilines is 3. The molecule has 0 saturated carbocycles. The molecule has 7 nitrogen and oxygen atoms in total. The summed E-state index contributed by atoms with van der Waals surface area (Å²) in [6, 6.07) is 8.22. The van der Waals surface area contributed by atoms with Crippen LogP contribution in [0.2, 0.25) is 0 Å². The first-order valence-corrected chi connectivity index (χ1v) is 8.61. The number of Topliss-reactive ketones (excluding diaryl/α,β-unsaturated/α-hetero) is 1. The van der Waals surface area contributed by atoms with Crippen LogP contribution in [0.3, 0.4) is 0 Å². The molecular weight excluding hydrogens is 338 g/mol. The van der Waals surface area contributed by atoms with Crippen molar-refractivity contribution in [3.63, 3.8) is 0 Å². The Bertz CT molecular complexity index is 764. The van der Waals surface area contributed by atoms with Gasteiger partial charge < -0.3 is 16.8 Å². The molecule has 1 aromatic carbocycles. The van der Waals surface area contributed by atoms with Gasteiger partial charge in [0.2, 0.25) is 5.91 Å². The van der Waals surface area contributed by atoms with Gasteiger partial charge in [0.25, 0.3) is 0 Å². The SMILES string of the molecule is CC(C)(C)C(=O)Nc1ccc(C(=O)CSc2nc(N)cc(N)n2)cc1. The Morgan fingerprint density at radius 3 is 2.16 bits per heavy atom. The Morgan fingerprint density at radius 1 is 1.08 bits per heavy atom. The van der Waals surface area contributed by atoms with Gasteiger partial charge >= 0.3 is 0 Å². The van der Waals surface area contributed by atoms with E-state index in [1.165, 1.54) is 17.8 Å². The summed E-state index contributed by atoms with van der Waals surface area (Å²) in [5.74, 6) is 0.529. The van der Waals surface area contributed by atoms with Crippen LogP contribution in [0, 0.1) is 5.41 Å². The van der Waals surface area contributed by atoms with Crippen LogP contribution in [0.5, 0.6) is 0 Å². The van der Waals surface area contributed by atoms with Gasteiger partial charge in [0.15, 0.2) is 10.9 Å². The topological polar surface area (TPSA) is 124 Å². The number of hydrogen-bond acceptors (Lipinski definition) is 7. The summed E-state index contributed by atoms with van der Waals surface area (Å²) in [5, 5.41) is 3.18. The molecular formula is C17H21N5O2S. The second-order valence-electron chi connectivity index (χ2n) is 6.49. The number of nitrogens with zero attached hydrogens (tertiary/aromatic N) is 2. The van der Waals surface area contributed by atoms with Crippen LogP contribution in [0.15, 0.2) is 35.5 Å². The van der Waals surface area contributed by atoms with Crippen molar-refractivity contribution in [1.82, 2.24) is 9.97 Å². The molecule has 25 heavy (non-hydrogen) atoms. The number of carbonyl (C=O) groups is 2. The van der Waals surface area contributed by atoms with Crippen molar-refractivity contribution in [2.75, 3.05) is 22.5 Å². The first-order valence-electron chi connectivity index (χ1n) is 7.63. The highest BCUT2D eigenvalue weighted by Crippen LogP contribution is 2.20. The van der Waals surface area contributed by atoms with Crippen LogP contribution >= 0.6 is 11.8 Å². The number of rotatable bonds is 5. The Labute approximate surface area is 150 Å². The number of nitrogen functional groups attached to an aromatic ring is 2. The van der Waals surface area contributed by atoms with Gasteiger partial charge in [-0.25, -0.2) is 9.97 Å². The van der Waals surface area contributed by atoms with Gasteiger partial charge in [-0.1, -0.05) is 32.5 Å². The Morgan fingerprint density at radius 2 is 1.64 bits per heavy atom. The summed E-state index contributed by atoms with van der Waals surface area (Å²) in [6.45, 7) is 5.51. The van der Waals surface area contributed by atoms with Crippen LogP contribution in [-0.4, -0.2) is 27.4 Å². The van der Waals surface area contributed by atoms with E-state index < -0.39 is 5.41 Å². The molecule has 0 spiro atoms. The maximum absolute atomic E-state index is 12.3. The van der Waals surface area contributed by atoms with Crippen LogP contribution in [-0.2, 0) is 4.79 Å². The number of hydrogen-bond donors (Lipinski definition) is 3. The van der Waals surface area contributed by atoms with Crippen LogP contribution in [0.1, 0.15) is 31.1 Å². The summed E-state index contributed by atoms with van der Waals surface area (Å²) in [6.07, 6.45) is 0. The summed E-state index contributed by atoms with van der Waals surface area (Å²) < 4.78 is 0. The van der Waals surface area contributed by atoms with E-state index in [0.717, 1.165) is 0 Å². The number of carbonyl (C=O) groups excluding carboxylic acids is 2. The normalized spacial score (nSPS) is 11.2. The first kappa shape index (κ1) is 18.7. The lowest BCUT2D eigenvalue weighted by Gasteiger charge is -2.17. The smallest absolute Gasteiger partial charge is 0.229 e. The molecule has 0 aliphatic carbocycles. The minimum atomic E-state index is -0.482. The molecule has 8 heteroatoms. The predicted octanol–water partition coefficient (Wildman–Crippen LogP) is 2.60. The van der Waals surface area contributed by atoms with Crippen LogP contribution < -0.4 is 16.8 Å². The zero-order valence-electron chi connectivity index (χ0n) is 14.4. The molecule has 0 radical (unpaired) electrons. The van der Waals surface area contributed by atoms with Gasteiger partial charge in [-0.2, -0.15) is 0 Å². The fourth-order valence-corrected chi connectivity index (χ4v) is 2.56. The zero-order valence-corrected chi connectivity index (χ0v) is 15.2. The van der Waals surface area contributed by atoms with Gasteiger partial charge in [0, 0.05) is 22.7 Å². The lowest BCUT2D eigenvalue weighted by atomic mass is 9.95. The Balaban J connectivity index is 1.97. The molecule has 1 amide bonds. The second-order valence-corrected chi connectivity index (χ2v) is 7.44. The third-order valence-corrected chi connectivity index (χ3v) is 4.07. The van der Waals surface area contributed by atoms with Gasteiger partial charge in [-0.05, 0) is 24.3 Å². The van der Waals surface area contributed by atoms with Crippen molar-refractivity contribution in [2.45, 2.75) is 25.9 Å². The molecule has 0 aliphatic rings. The number of aromatic nitrogens is 2. The molecule has 132 valence electrons. The lowest BCUT2D eigenvalue weighted by molar-refractivity contribution is -0.123. The number of ketones is 1. The fraction of sp³-hybridized carbons (Fsp3) is 0.294. The summed E-state index contributed by atoms with van der Waals surface area (Å²) in [5.41, 5.74) is 11.9. The van der Waals surface area contributed by atoms with Crippen LogP contribution in [0.25, 0.3) is 0 Å².